The maximum atomic E-state index is 5.88. The van der Waals surface area contributed by atoms with Crippen LogP contribution in [0.25, 0.3) is 0 Å². The van der Waals surface area contributed by atoms with Gasteiger partial charge in [0.05, 0.1) is 0 Å². The molecular formula is C18H36N2. The molecule has 0 aromatic carbocycles. The summed E-state index contributed by atoms with van der Waals surface area (Å²) >= 11 is 0. The first-order valence-electron chi connectivity index (χ1n) is 8.84. The minimum Gasteiger partial charge on any atom is -0.330 e. The van der Waals surface area contributed by atoms with Crippen LogP contribution in [-0.2, 0) is 0 Å². The van der Waals surface area contributed by atoms with Gasteiger partial charge in [-0.15, -0.1) is 0 Å². The maximum absolute atomic E-state index is 5.88. The zero-order valence-corrected chi connectivity index (χ0v) is 14.2. The molecule has 1 saturated heterocycles. The minimum absolute atomic E-state index is 0.508. The van der Waals surface area contributed by atoms with Crippen molar-refractivity contribution in [2.75, 3.05) is 19.6 Å². The van der Waals surface area contributed by atoms with Crippen LogP contribution in [-0.4, -0.2) is 30.6 Å². The lowest BCUT2D eigenvalue weighted by atomic mass is 9.69. The monoisotopic (exact) mass is 280 g/mol. The van der Waals surface area contributed by atoms with Gasteiger partial charge in [0, 0.05) is 19.1 Å². The Morgan fingerprint density at radius 1 is 0.950 bits per heavy atom. The number of rotatable bonds is 3. The summed E-state index contributed by atoms with van der Waals surface area (Å²) in [4.78, 5) is 2.74. The Morgan fingerprint density at radius 3 is 2.10 bits per heavy atom. The van der Waals surface area contributed by atoms with E-state index in [1.54, 1.807) is 0 Å². The van der Waals surface area contributed by atoms with Crippen LogP contribution >= 0.6 is 0 Å². The van der Waals surface area contributed by atoms with E-state index in [9.17, 15) is 0 Å². The van der Waals surface area contributed by atoms with Gasteiger partial charge in [0.2, 0.25) is 0 Å². The van der Waals surface area contributed by atoms with Crippen LogP contribution in [0.15, 0.2) is 0 Å². The highest BCUT2D eigenvalue weighted by Crippen LogP contribution is 2.40. The highest BCUT2D eigenvalue weighted by molar-refractivity contribution is 4.85. The van der Waals surface area contributed by atoms with E-state index in [1.165, 1.54) is 51.6 Å². The normalized spacial score (nSPS) is 37.0. The Balaban J connectivity index is 1.80. The van der Waals surface area contributed by atoms with Gasteiger partial charge in [-0.3, -0.25) is 0 Å². The van der Waals surface area contributed by atoms with E-state index in [0.717, 1.165) is 30.3 Å². The van der Waals surface area contributed by atoms with Gasteiger partial charge >= 0.3 is 0 Å². The number of nitrogens with two attached hydrogens (primary N) is 1. The van der Waals surface area contributed by atoms with Crippen LogP contribution in [0.4, 0.5) is 0 Å². The molecule has 2 N–H and O–H groups in total. The summed E-state index contributed by atoms with van der Waals surface area (Å²) in [5.41, 5.74) is 6.39. The second-order valence-electron chi connectivity index (χ2n) is 8.57. The Labute approximate surface area is 126 Å². The van der Waals surface area contributed by atoms with Crippen molar-refractivity contribution in [2.24, 2.45) is 28.9 Å². The zero-order valence-electron chi connectivity index (χ0n) is 14.2. The van der Waals surface area contributed by atoms with Crippen molar-refractivity contribution in [1.82, 2.24) is 4.90 Å². The smallest absolute Gasteiger partial charge is 0.00672 e. The van der Waals surface area contributed by atoms with Crippen LogP contribution in [0.5, 0.6) is 0 Å². The van der Waals surface area contributed by atoms with Crippen molar-refractivity contribution in [3.63, 3.8) is 0 Å². The highest BCUT2D eigenvalue weighted by atomic mass is 15.2. The summed E-state index contributed by atoms with van der Waals surface area (Å²) in [5, 5.41) is 0. The molecule has 1 heterocycles. The van der Waals surface area contributed by atoms with Gasteiger partial charge in [-0.1, -0.05) is 20.8 Å². The second kappa shape index (κ2) is 6.79. The highest BCUT2D eigenvalue weighted by Gasteiger charge is 2.32. The van der Waals surface area contributed by atoms with Gasteiger partial charge < -0.3 is 10.6 Å². The van der Waals surface area contributed by atoms with Crippen LogP contribution in [0.1, 0.15) is 66.2 Å². The molecule has 1 saturated carbocycles. The van der Waals surface area contributed by atoms with Gasteiger partial charge in [-0.2, -0.15) is 0 Å². The van der Waals surface area contributed by atoms with E-state index in [4.69, 9.17) is 5.73 Å². The first-order valence-corrected chi connectivity index (χ1v) is 8.84. The van der Waals surface area contributed by atoms with Crippen LogP contribution < -0.4 is 5.73 Å². The molecule has 2 unspecified atom stereocenters. The van der Waals surface area contributed by atoms with E-state index < -0.39 is 0 Å². The molecule has 1 aliphatic carbocycles. The van der Waals surface area contributed by atoms with E-state index >= 15 is 0 Å². The zero-order chi connectivity index (χ0) is 14.8. The number of hydrogen-bond donors (Lipinski definition) is 1. The molecular weight excluding hydrogens is 244 g/mol. The molecule has 0 spiro atoms. The fourth-order valence-electron chi connectivity index (χ4n) is 4.25. The summed E-state index contributed by atoms with van der Waals surface area (Å²) in [6.07, 6.45) is 8.45. The lowest BCUT2D eigenvalue weighted by Gasteiger charge is -2.42. The Hall–Kier alpha value is -0.0800. The number of nitrogens with zero attached hydrogens (tertiary/aromatic N) is 1. The molecule has 0 amide bonds. The average Bonchev–Trinajstić information content (AvgIpc) is 2.41. The molecule has 1 aliphatic heterocycles. The van der Waals surface area contributed by atoms with E-state index in [-0.39, 0.29) is 0 Å². The summed E-state index contributed by atoms with van der Waals surface area (Å²) in [5.74, 6) is 2.62. The molecule has 2 atom stereocenters. The summed E-state index contributed by atoms with van der Waals surface area (Å²) in [7, 11) is 0. The summed E-state index contributed by atoms with van der Waals surface area (Å²) < 4.78 is 0. The van der Waals surface area contributed by atoms with Gasteiger partial charge in [-0.25, -0.2) is 0 Å². The predicted octanol–water partition coefficient (Wildman–Crippen LogP) is 3.90. The van der Waals surface area contributed by atoms with Crippen molar-refractivity contribution in [1.29, 1.82) is 0 Å². The topological polar surface area (TPSA) is 29.3 Å². The molecule has 0 aromatic heterocycles. The minimum atomic E-state index is 0.508. The van der Waals surface area contributed by atoms with Gasteiger partial charge in [0.15, 0.2) is 0 Å². The van der Waals surface area contributed by atoms with E-state index in [0.29, 0.717) is 5.41 Å². The Kier molecular flexibility index (Phi) is 5.53. The van der Waals surface area contributed by atoms with E-state index in [1.807, 2.05) is 0 Å². The fourth-order valence-corrected chi connectivity index (χ4v) is 4.25. The predicted molar refractivity (Wildman–Crippen MR) is 87.7 cm³/mol. The lowest BCUT2D eigenvalue weighted by molar-refractivity contribution is 0.0741. The molecule has 2 fully saturated rings. The molecule has 2 nitrogen and oxygen atoms in total. The standard InChI is InChI=1S/C18H36N2/c1-14-5-6-16(11-19)13-20(14)12-15-7-9-17(10-8-15)18(2,3)4/h14-17H,5-13,19H2,1-4H3. The molecule has 0 aromatic rings. The molecule has 20 heavy (non-hydrogen) atoms. The molecule has 2 rings (SSSR count). The van der Waals surface area contributed by atoms with Crippen molar-refractivity contribution in [3.05, 3.63) is 0 Å². The van der Waals surface area contributed by atoms with E-state index in [2.05, 4.69) is 32.6 Å². The third-order valence-corrected chi connectivity index (χ3v) is 6.01. The van der Waals surface area contributed by atoms with Crippen molar-refractivity contribution in [3.8, 4) is 0 Å². The number of hydrogen-bond acceptors (Lipinski definition) is 2. The first kappa shape index (κ1) is 16.3. The van der Waals surface area contributed by atoms with Crippen molar-refractivity contribution in [2.45, 2.75) is 72.3 Å². The summed E-state index contributed by atoms with van der Waals surface area (Å²) in [6.45, 7) is 13.1. The maximum Gasteiger partial charge on any atom is 0.00672 e. The van der Waals surface area contributed by atoms with Gasteiger partial charge in [-0.05, 0) is 75.2 Å². The van der Waals surface area contributed by atoms with Gasteiger partial charge in [0.25, 0.3) is 0 Å². The molecule has 118 valence electrons. The van der Waals surface area contributed by atoms with Gasteiger partial charge in [0.1, 0.15) is 0 Å². The van der Waals surface area contributed by atoms with Crippen LogP contribution in [0.2, 0.25) is 0 Å². The first-order chi connectivity index (χ1) is 9.40. The SMILES string of the molecule is CC1CCC(CN)CN1CC1CCC(C(C)(C)C)CC1. The summed E-state index contributed by atoms with van der Waals surface area (Å²) in [6, 6.07) is 0.776. The van der Waals surface area contributed by atoms with Crippen LogP contribution in [0, 0.1) is 23.2 Å². The Morgan fingerprint density at radius 2 is 1.55 bits per heavy atom. The van der Waals surface area contributed by atoms with Crippen molar-refractivity contribution >= 4 is 0 Å². The largest absolute Gasteiger partial charge is 0.330 e. The molecule has 0 radical (unpaired) electrons. The molecule has 2 aliphatic rings. The lowest BCUT2D eigenvalue weighted by Crippen LogP contribution is -2.46. The molecule has 2 heteroatoms. The quantitative estimate of drug-likeness (QED) is 0.849. The molecule has 0 bridgehead atoms. The fraction of sp³-hybridized carbons (Fsp3) is 1.00. The number of piperidine rings is 1. The number of likely N-dealkylation sites (tertiary alicyclic amines) is 1. The Bertz CT molecular complexity index is 286. The van der Waals surface area contributed by atoms with Crippen LogP contribution in [0.3, 0.4) is 0 Å². The average molecular weight is 281 g/mol. The third kappa shape index (κ3) is 4.21. The van der Waals surface area contributed by atoms with Crippen molar-refractivity contribution < 1.29 is 0 Å². The second-order valence-corrected chi connectivity index (χ2v) is 8.57. The third-order valence-electron chi connectivity index (χ3n) is 6.01.